The van der Waals surface area contributed by atoms with Crippen LogP contribution in [0.4, 0.5) is 0 Å². The molecule has 2 N–H and O–H groups in total. The van der Waals surface area contributed by atoms with Crippen LogP contribution >= 0.6 is 0 Å². The Bertz CT molecular complexity index is 364. The molecule has 0 aromatic heterocycles. The monoisotopic (exact) mass is 326 g/mol. The molecule has 6 heteroatoms. The molecule has 23 heavy (non-hydrogen) atoms. The Labute approximate surface area is 141 Å². The number of piperidine rings is 1. The first-order valence-corrected chi connectivity index (χ1v) is 8.87. The van der Waals surface area contributed by atoms with Crippen molar-refractivity contribution in [3.63, 3.8) is 0 Å². The van der Waals surface area contributed by atoms with Crippen molar-refractivity contribution in [3.8, 4) is 0 Å². The Morgan fingerprint density at radius 3 is 2.52 bits per heavy atom. The van der Waals surface area contributed by atoms with Crippen molar-refractivity contribution >= 4 is 11.9 Å². The van der Waals surface area contributed by atoms with Crippen molar-refractivity contribution in [1.82, 2.24) is 15.5 Å². The van der Waals surface area contributed by atoms with Gasteiger partial charge in [-0.1, -0.05) is 6.92 Å². The molecule has 0 bridgehead atoms. The molecule has 1 heterocycles. The molecule has 0 aliphatic carbocycles. The van der Waals surface area contributed by atoms with Gasteiger partial charge in [0.1, 0.15) is 0 Å². The lowest BCUT2D eigenvalue weighted by atomic mass is 9.99. The van der Waals surface area contributed by atoms with E-state index < -0.39 is 0 Å². The number of nitrogens with one attached hydrogen (secondary N) is 2. The molecule has 1 fully saturated rings. The Balaban J connectivity index is 2.06. The molecular weight excluding hydrogens is 292 g/mol. The van der Waals surface area contributed by atoms with Crippen molar-refractivity contribution in [3.05, 3.63) is 0 Å². The molecule has 0 spiro atoms. The van der Waals surface area contributed by atoms with Gasteiger partial charge in [0.15, 0.2) is 5.96 Å². The Kier molecular flexibility index (Phi) is 9.67. The van der Waals surface area contributed by atoms with E-state index >= 15 is 0 Å². The lowest BCUT2D eigenvalue weighted by molar-refractivity contribution is -0.147. The minimum absolute atomic E-state index is 0.0577. The molecule has 0 aromatic rings. The number of guanidine groups is 1. The lowest BCUT2D eigenvalue weighted by Crippen LogP contribution is -2.40. The Morgan fingerprint density at radius 2 is 1.91 bits per heavy atom. The Morgan fingerprint density at radius 1 is 1.26 bits per heavy atom. The minimum atomic E-state index is -0.178. The number of hydrogen-bond donors (Lipinski definition) is 2. The van der Waals surface area contributed by atoms with Gasteiger partial charge in [0.25, 0.3) is 0 Å². The third-order valence-corrected chi connectivity index (χ3v) is 4.03. The summed E-state index contributed by atoms with van der Waals surface area (Å²) in [5.41, 5.74) is 0. The molecule has 1 saturated heterocycles. The zero-order chi connectivity index (χ0) is 17.1. The van der Waals surface area contributed by atoms with Gasteiger partial charge >= 0.3 is 5.97 Å². The van der Waals surface area contributed by atoms with Crippen LogP contribution in [0.5, 0.6) is 0 Å². The highest BCUT2D eigenvalue weighted by Gasteiger charge is 2.14. The highest BCUT2D eigenvalue weighted by Crippen LogP contribution is 2.15. The second-order valence-corrected chi connectivity index (χ2v) is 6.59. The number of nitrogens with zero attached hydrogens (tertiary/aromatic N) is 2. The summed E-state index contributed by atoms with van der Waals surface area (Å²) in [6, 6.07) is 0. The van der Waals surface area contributed by atoms with E-state index in [1.807, 2.05) is 13.8 Å². The zero-order valence-electron chi connectivity index (χ0n) is 15.2. The van der Waals surface area contributed by atoms with Crippen LogP contribution in [0, 0.1) is 5.92 Å². The minimum Gasteiger partial charge on any atom is -0.463 e. The predicted octanol–water partition coefficient (Wildman–Crippen LogP) is 1.62. The van der Waals surface area contributed by atoms with Crippen molar-refractivity contribution in [2.75, 3.05) is 39.8 Å². The standard InChI is InChI=1S/C17H34N4O2/c1-14(2)23-16(22)6-10-20-17(18-4)19-9-5-11-21-12-7-15(3)8-13-21/h14-15H,5-13H2,1-4H3,(H2,18,19,20). The van der Waals surface area contributed by atoms with Gasteiger partial charge < -0.3 is 20.3 Å². The molecule has 0 unspecified atom stereocenters. The Hall–Kier alpha value is -1.30. The maximum Gasteiger partial charge on any atom is 0.307 e. The fourth-order valence-corrected chi connectivity index (χ4v) is 2.62. The predicted molar refractivity (Wildman–Crippen MR) is 94.7 cm³/mol. The fourth-order valence-electron chi connectivity index (χ4n) is 2.62. The molecule has 0 radical (unpaired) electrons. The number of hydrogen-bond acceptors (Lipinski definition) is 4. The maximum atomic E-state index is 11.5. The van der Waals surface area contributed by atoms with Crippen LogP contribution in [-0.4, -0.2) is 62.7 Å². The summed E-state index contributed by atoms with van der Waals surface area (Å²) < 4.78 is 5.09. The van der Waals surface area contributed by atoms with E-state index in [1.54, 1.807) is 7.05 Å². The first-order chi connectivity index (χ1) is 11.0. The van der Waals surface area contributed by atoms with Crippen LogP contribution in [-0.2, 0) is 9.53 Å². The van der Waals surface area contributed by atoms with Gasteiger partial charge in [0.2, 0.25) is 0 Å². The third-order valence-electron chi connectivity index (χ3n) is 4.03. The summed E-state index contributed by atoms with van der Waals surface area (Å²) in [5.74, 6) is 1.45. The van der Waals surface area contributed by atoms with Gasteiger partial charge in [-0.25, -0.2) is 0 Å². The smallest absolute Gasteiger partial charge is 0.307 e. The third kappa shape index (κ3) is 9.43. The van der Waals surface area contributed by atoms with E-state index in [2.05, 4.69) is 27.4 Å². The van der Waals surface area contributed by atoms with E-state index in [0.717, 1.165) is 31.4 Å². The molecule has 134 valence electrons. The number of esters is 1. The van der Waals surface area contributed by atoms with Crippen molar-refractivity contribution in [1.29, 1.82) is 0 Å². The van der Waals surface area contributed by atoms with Crippen molar-refractivity contribution < 1.29 is 9.53 Å². The molecule has 1 aliphatic rings. The molecule has 0 aromatic carbocycles. The van der Waals surface area contributed by atoms with Gasteiger partial charge in [-0.05, 0) is 58.7 Å². The number of ether oxygens (including phenoxy) is 1. The molecule has 0 atom stereocenters. The molecule has 1 aliphatic heterocycles. The number of likely N-dealkylation sites (tertiary alicyclic amines) is 1. The average molecular weight is 326 g/mol. The summed E-state index contributed by atoms with van der Waals surface area (Å²) in [6.45, 7) is 11.1. The van der Waals surface area contributed by atoms with E-state index in [9.17, 15) is 4.79 Å². The number of rotatable bonds is 8. The van der Waals surface area contributed by atoms with Crippen LogP contribution in [0.15, 0.2) is 4.99 Å². The topological polar surface area (TPSA) is 66.0 Å². The first-order valence-electron chi connectivity index (χ1n) is 8.87. The van der Waals surface area contributed by atoms with Gasteiger partial charge in [-0.3, -0.25) is 9.79 Å². The van der Waals surface area contributed by atoms with E-state index in [-0.39, 0.29) is 12.1 Å². The first kappa shape index (κ1) is 19.7. The van der Waals surface area contributed by atoms with Crippen LogP contribution < -0.4 is 10.6 Å². The van der Waals surface area contributed by atoms with E-state index in [4.69, 9.17) is 4.74 Å². The second kappa shape index (κ2) is 11.3. The number of carbonyl (C=O) groups excluding carboxylic acids is 1. The molecule has 0 saturated carbocycles. The van der Waals surface area contributed by atoms with Crippen LogP contribution in [0.25, 0.3) is 0 Å². The number of carbonyl (C=O) groups is 1. The molecular formula is C17H34N4O2. The van der Waals surface area contributed by atoms with Gasteiger partial charge in [0.05, 0.1) is 12.5 Å². The fraction of sp³-hybridized carbons (Fsp3) is 0.882. The lowest BCUT2D eigenvalue weighted by Gasteiger charge is -2.30. The highest BCUT2D eigenvalue weighted by atomic mass is 16.5. The molecule has 6 nitrogen and oxygen atoms in total. The quantitative estimate of drug-likeness (QED) is 0.307. The van der Waals surface area contributed by atoms with E-state index in [0.29, 0.717) is 13.0 Å². The van der Waals surface area contributed by atoms with Crippen molar-refractivity contribution in [2.24, 2.45) is 10.9 Å². The van der Waals surface area contributed by atoms with Gasteiger partial charge in [-0.15, -0.1) is 0 Å². The number of aliphatic imine (C=N–C) groups is 1. The van der Waals surface area contributed by atoms with Crippen molar-refractivity contribution in [2.45, 2.75) is 52.6 Å². The maximum absolute atomic E-state index is 11.5. The van der Waals surface area contributed by atoms with Crippen LogP contribution in [0.1, 0.15) is 46.5 Å². The summed E-state index contributed by atoms with van der Waals surface area (Å²) in [7, 11) is 1.74. The second-order valence-electron chi connectivity index (χ2n) is 6.59. The molecule has 1 rings (SSSR count). The highest BCUT2D eigenvalue weighted by molar-refractivity contribution is 5.80. The summed E-state index contributed by atoms with van der Waals surface area (Å²) in [4.78, 5) is 18.2. The van der Waals surface area contributed by atoms with Crippen LogP contribution in [0.3, 0.4) is 0 Å². The SMILES string of the molecule is CN=C(NCCCN1CCC(C)CC1)NCCC(=O)OC(C)C. The van der Waals surface area contributed by atoms with Gasteiger partial charge in [-0.2, -0.15) is 0 Å². The molecule has 0 amide bonds. The van der Waals surface area contributed by atoms with Gasteiger partial charge in [0, 0.05) is 20.1 Å². The zero-order valence-corrected chi connectivity index (χ0v) is 15.2. The largest absolute Gasteiger partial charge is 0.463 e. The van der Waals surface area contributed by atoms with E-state index in [1.165, 1.54) is 25.9 Å². The van der Waals surface area contributed by atoms with Crippen LogP contribution in [0.2, 0.25) is 0 Å². The normalized spacial score (nSPS) is 17.3. The summed E-state index contributed by atoms with van der Waals surface area (Å²) >= 11 is 0. The average Bonchev–Trinajstić information content (AvgIpc) is 2.50. The summed E-state index contributed by atoms with van der Waals surface area (Å²) in [5, 5.41) is 6.43. The summed E-state index contributed by atoms with van der Waals surface area (Å²) in [6.07, 6.45) is 4.04.